The minimum absolute atomic E-state index is 0.0947. The highest BCUT2D eigenvalue weighted by molar-refractivity contribution is 5.92. The Morgan fingerprint density at radius 3 is 2.60 bits per heavy atom. The van der Waals surface area contributed by atoms with Crippen molar-refractivity contribution in [1.29, 1.82) is 0 Å². The zero-order valence-electron chi connectivity index (χ0n) is 26.4. The van der Waals surface area contributed by atoms with Crippen LogP contribution in [0.5, 0.6) is 0 Å². The summed E-state index contributed by atoms with van der Waals surface area (Å²) < 4.78 is 54.0. The van der Waals surface area contributed by atoms with E-state index in [1.165, 1.54) is 10.6 Å². The van der Waals surface area contributed by atoms with Gasteiger partial charge < -0.3 is 29.9 Å². The molecule has 1 fully saturated rings. The third-order valence-electron chi connectivity index (χ3n) is 7.00. The zero-order chi connectivity index (χ0) is 34.0. The van der Waals surface area contributed by atoms with E-state index in [2.05, 4.69) is 35.8 Å². The molecule has 0 aromatic carbocycles. The maximum Gasteiger partial charge on any atom is 0.417 e. The predicted molar refractivity (Wildman–Crippen MR) is 167 cm³/mol. The fourth-order valence-electron chi connectivity index (χ4n) is 4.67. The van der Waals surface area contributed by atoms with Gasteiger partial charge in [0, 0.05) is 64.5 Å². The zero-order valence-corrected chi connectivity index (χ0v) is 26.4. The smallest absolute Gasteiger partial charge is 0.417 e. The molecule has 1 aliphatic rings. The average Bonchev–Trinajstić information content (AvgIpc) is 3.45. The lowest BCUT2D eigenvalue weighted by Gasteiger charge is -2.28. The van der Waals surface area contributed by atoms with Crippen LogP contribution in [0.15, 0.2) is 36.7 Å². The molecule has 4 rings (SSSR count). The molecular formula is C30H38F3N9O5. The SMILES string of the molecule is COC(=O)Nc1cc(C(F)(F)F)c(-c2nc(N3CCOCC3)c3cc(CNCCNC(=O)CCC(=O)/C=C/CN(C)C)cn3n2)cn1. The second-order valence-corrected chi connectivity index (χ2v) is 10.9. The third kappa shape index (κ3) is 10.2. The number of ether oxygens (including phenoxy) is 2. The number of alkyl halides is 3. The normalized spacial score (nSPS) is 13.8. The molecule has 0 spiro atoms. The van der Waals surface area contributed by atoms with Crippen molar-refractivity contribution in [2.45, 2.75) is 25.6 Å². The van der Waals surface area contributed by atoms with Gasteiger partial charge in [0.05, 0.1) is 31.5 Å². The number of nitrogens with one attached hydrogen (secondary N) is 3. The quantitative estimate of drug-likeness (QED) is 0.172. The summed E-state index contributed by atoms with van der Waals surface area (Å²) in [4.78, 5) is 47.9. The Labute approximate surface area is 269 Å². The van der Waals surface area contributed by atoms with Crippen LogP contribution in [0.25, 0.3) is 16.9 Å². The maximum absolute atomic E-state index is 14.2. The first-order chi connectivity index (χ1) is 22.4. The van der Waals surface area contributed by atoms with Gasteiger partial charge in [0.1, 0.15) is 11.3 Å². The van der Waals surface area contributed by atoms with Crippen LogP contribution in [0.3, 0.4) is 0 Å². The summed E-state index contributed by atoms with van der Waals surface area (Å²) in [6, 6.07) is 2.56. The average molecular weight is 662 g/mol. The van der Waals surface area contributed by atoms with Crippen LogP contribution in [0.2, 0.25) is 0 Å². The first kappa shape index (κ1) is 35.2. The van der Waals surface area contributed by atoms with E-state index in [-0.39, 0.29) is 41.7 Å². The molecule has 0 unspecified atom stereocenters. The van der Waals surface area contributed by atoms with E-state index in [9.17, 15) is 27.6 Å². The molecule has 3 aromatic heterocycles. The van der Waals surface area contributed by atoms with E-state index in [0.717, 1.165) is 18.9 Å². The van der Waals surface area contributed by atoms with Gasteiger partial charge >= 0.3 is 12.3 Å². The number of carbonyl (C=O) groups excluding carboxylic acids is 3. The standard InChI is InChI=1S/C30H38F3N9O5/c1-40(2)10-4-5-21(43)6-7-26(44)35-9-8-34-17-20-15-24-28(41-11-13-47-14-12-41)38-27(39-42(24)19-20)22-18-36-25(37-29(45)46-3)16-23(22)30(31,32)33/h4-5,15-16,18-19,34H,6-14,17H2,1-3H3,(H,35,44)(H,36,37,45)/b5-4+. The number of amides is 2. The lowest BCUT2D eigenvalue weighted by molar-refractivity contribution is -0.137. The van der Waals surface area contributed by atoms with Crippen LogP contribution >= 0.6 is 0 Å². The van der Waals surface area contributed by atoms with Crippen LogP contribution < -0.4 is 20.9 Å². The summed E-state index contributed by atoms with van der Waals surface area (Å²) in [5, 5.41) is 12.6. The number of hydrogen-bond acceptors (Lipinski definition) is 11. The minimum Gasteiger partial charge on any atom is -0.453 e. The largest absolute Gasteiger partial charge is 0.453 e. The van der Waals surface area contributed by atoms with Crippen molar-refractivity contribution < 1.29 is 37.0 Å². The molecule has 1 saturated heterocycles. The molecule has 14 nitrogen and oxygen atoms in total. The molecule has 0 aliphatic carbocycles. The van der Waals surface area contributed by atoms with Crippen LogP contribution in [0.1, 0.15) is 24.0 Å². The second kappa shape index (κ2) is 16.3. The summed E-state index contributed by atoms with van der Waals surface area (Å²) in [6.07, 6.45) is 0.366. The Bertz CT molecular complexity index is 1590. The number of morpholine rings is 1. The van der Waals surface area contributed by atoms with Gasteiger partial charge in [-0.2, -0.15) is 13.2 Å². The number of fused-ring (bicyclic) bond motifs is 1. The number of aromatic nitrogens is 4. The molecule has 0 atom stereocenters. The number of hydrogen-bond donors (Lipinski definition) is 3. The van der Waals surface area contributed by atoms with Crippen molar-refractivity contribution >= 4 is 34.9 Å². The molecule has 0 bridgehead atoms. The predicted octanol–water partition coefficient (Wildman–Crippen LogP) is 2.50. The molecule has 47 heavy (non-hydrogen) atoms. The molecule has 3 aromatic rings. The highest BCUT2D eigenvalue weighted by Crippen LogP contribution is 2.37. The Morgan fingerprint density at radius 2 is 1.89 bits per heavy atom. The van der Waals surface area contributed by atoms with E-state index in [0.29, 0.717) is 69.9 Å². The van der Waals surface area contributed by atoms with Gasteiger partial charge in [0.2, 0.25) is 5.91 Å². The van der Waals surface area contributed by atoms with E-state index >= 15 is 0 Å². The third-order valence-corrected chi connectivity index (χ3v) is 7.00. The lowest BCUT2D eigenvalue weighted by Crippen LogP contribution is -2.37. The van der Waals surface area contributed by atoms with Crippen LogP contribution in [-0.4, -0.2) is 109 Å². The van der Waals surface area contributed by atoms with Gasteiger partial charge in [-0.05, 0) is 37.9 Å². The van der Waals surface area contributed by atoms with Gasteiger partial charge in [-0.15, -0.1) is 5.10 Å². The lowest BCUT2D eigenvalue weighted by atomic mass is 10.1. The molecule has 0 radical (unpaired) electrons. The number of nitrogens with zero attached hydrogens (tertiary/aromatic N) is 6. The van der Waals surface area contributed by atoms with E-state index in [1.54, 1.807) is 12.3 Å². The number of allylic oxidation sites excluding steroid dienone is 1. The summed E-state index contributed by atoms with van der Waals surface area (Å²) in [5.74, 6) is -0.437. The fraction of sp³-hybridized carbons (Fsp3) is 0.467. The van der Waals surface area contributed by atoms with Crippen molar-refractivity contribution in [3.05, 3.63) is 47.8 Å². The molecular weight excluding hydrogens is 623 g/mol. The number of likely N-dealkylation sites (N-methyl/N-ethyl adjacent to an activating group) is 1. The van der Waals surface area contributed by atoms with Crippen molar-refractivity contribution in [3.8, 4) is 11.4 Å². The topological polar surface area (TPSA) is 155 Å². The Kier molecular flexibility index (Phi) is 12.2. The van der Waals surface area contributed by atoms with Crippen LogP contribution in [0, 0.1) is 0 Å². The summed E-state index contributed by atoms with van der Waals surface area (Å²) >= 11 is 0. The minimum atomic E-state index is -4.80. The van der Waals surface area contributed by atoms with E-state index in [1.807, 2.05) is 30.0 Å². The van der Waals surface area contributed by atoms with Crippen LogP contribution in [0.4, 0.5) is 29.6 Å². The van der Waals surface area contributed by atoms with Crippen LogP contribution in [-0.2, 0) is 31.8 Å². The van der Waals surface area contributed by atoms with Gasteiger partial charge in [0.25, 0.3) is 0 Å². The van der Waals surface area contributed by atoms with Crippen molar-refractivity contribution in [2.75, 3.05) is 77.4 Å². The Hall–Kier alpha value is -4.61. The molecule has 17 heteroatoms. The summed E-state index contributed by atoms with van der Waals surface area (Å²) in [6.45, 7) is 3.63. The van der Waals surface area contributed by atoms with Gasteiger partial charge in [-0.1, -0.05) is 6.08 Å². The first-order valence-corrected chi connectivity index (χ1v) is 14.9. The van der Waals surface area contributed by atoms with Gasteiger partial charge in [0.15, 0.2) is 17.4 Å². The number of ketones is 1. The molecule has 3 N–H and O–H groups in total. The Balaban J connectivity index is 1.46. The van der Waals surface area contributed by atoms with Gasteiger partial charge in [-0.25, -0.2) is 19.3 Å². The highest BCUT2D eigenvalue weighted by Gasteiger charge is 2.36. The number of methoxy groups -OCH3 is 1. The monoisotopic (exact) mass is 661 g/mol. The summed E-state index contributed by atoms with van der Waals surface area (Å²) in [5.41, 5.74) is -0.0538. The Morgan fingerprint density at radius 1 is 1.13 bits per heavy atom. The van der Waals surface area contributed by atoms with Crippen molar-refractivity contribution in [3.63, 3.8) is 0 Å². The van der Waals surface area contributed by atoms with Crippen molar-refractivity contribution in [2.24, 2.45) is 0 Å². The number of anilines is 2. The number of rotatable bonds is 14. The first-order valence-electron chi connectivity index (χ1n) is 14.9. The summed E-state index contributed by atoms with van der Waals surface area (Å²) in [7, 11) is 4.88. The second-order valence-electron chi connectivity index (χ2n) is 10.9. The molecule has 254 valence electrons. The number of halogens is 3. The van der Waals surface area contributed by atoms with Crippen molar-refractivity contribution in [1.82, 2.24) is 35.1 Å². The molecule has 2 amide bonds. The molecule has 0 saturated carbocycles. The molecule has 4 heterocycles. The molecule has 1 aliphatic heterocycles. The maximum atomic E-state index is 14.2. The van der Waals surface area contributed by atoms with E-state index in [4.69, 9.17) is 4.74 Å². The van der Waals surface area contributed by atoms with Gasteiger partial charge in [-0.3, -0.25) is 14.9 Å². The fourth-order valence-corrected chi connectivity index (χ4v) is 4.67. The van der Waals surface area contributed by atoms with E-state index < -0.39 is 17.8 Å². The highest BCUT2D eigenvalue weighted by atomic mass is 19.4. The number of pyridine rings is 1. The number of carbonyl (C=O) groups is 3.